The molecule has 1 heterocycles. The minimum atomic E-state index is -0.842. The van der Waals surface area contributed by atoms with Gasteiger partial charge in [-0.25, -0.2) is 4.79 Å². The molecule has 1 aromatic rings. The summed E-state index contributed by atoms with van der Waals surface area (Å²) < 4.78 is 0. The zero-order chi connectivity index (χ0) is 15.8. The van der Waals surface area contributed by atoms with E-state index in [9.17, 15) is 14.7 Å². The van der Waals surface area contributed by atoms with E-state index in [1.165, 1.54) is 0 Å². The first-order valence-corrected chi connectivity index (χ1v) is 7.14. The number of fused-ring (bicyclic) bond motifs is 1. The summed E-state index contributed by atoms with van der Waals surface area (Å²) in [5, 5.41) is 12.3. The average molecular weight is 290 g/mol. The third-order valence-corrected chi connectivity index (χ3v) is 3.59. The van der Waals surface area contributed by atoms with Crippen LogP contribution in [0.25, 0.3) is 0 Å². The molecule has 0 aliphatic carbocycles. The number of para-hydroxylation sites is 1. The number of hydrogen-bond acceptors (Lipinski definition) is 2. The van der Waals surface area contributed by atoms with Crippen LogP contribution in [0.4, 0.5) is 10.5 Å². The molecule has 0 fully saturated rings. The van der Waals surface area contributed by atoms with Crippen LogP contribution in [0, 0.1) is 0 Å². The van der Waals surface area contributed by atoms with E-state index >= 15 is 0 Å². The van der Waals surface area contributed by atoms with Gasteiger partial charge in [-0.05, 0) is 45.7 Å². The van der Waals surface area contributed by atoms with Crippen LogP contribution in [0.15, 0.2) is 24.3 Å². The first-order chi connectivity index (χ1) is 9.70. The van der Waals surface area contributed by atoms with Gasteiger partial charge in [-0.15, -0.1) is 0 Å². The largest absolute Gasteiger partial charge is 0.481 e. The van der Waals surface area contributed by atoms with Crippen molar-refractivity contribution < 1.29 is 14.7 Å². The van der Waals surface area contributed by atoms with Gasteiger partial charge in [0.05, 0.1) is 5.92 Å². The van der Waals surface area contributed by atoms with E-state index in [1.54, 1.807) is 11.0 Å². The van der Waals surface area contributed by atoms with Crippen molar-refractivity contribution in [2.24, 2.45) is 0 Å². The van der Waals surface area contributed by atoms with Gasteiger partial charge in [0, 0.05) is 17.3 Å². The molecule has 2 rings (SSSR count). The van der Waals surface area contributed by atoms with Crippen LogP contribution in [0.1, 0.15) is 45.6 Å². The summed E-state index contributed by atoms with van der Waals surface area (Å²) in [7, 11) is 0. The highest BCUT2D eigenvalue weighted by atomic mass is 16.4. The highest BCUT2D eigenvalue weighted by molar-refractivity contribution is 5.96. The number of anilines is 1. The third kappa shape index (κ3) is 3.17. The van der Waals surface area contributed by atoms with Crippen LogP contribution >= 0.6 is 0 Å². The normalized spacial score (nSPS) is 21.6. The van der Waals surface area contributed by atoms with Gasteiger partial charge in [-0.2, -0.15) is 0 Å². The molecule has 0 saturated carbocycles. The number of rotatable bonds is 1. The number of carboxylic acid groups (broad SMARTS) is 1. The van der Waals surface area contributed by atoms with E-state index in [1.807, 2.05) is 45.9 Å². The zero-order valence-electron chi connectivity index (χ0n) is 12.9. The number of aliphatic carboxylic acids is 1. The molecule has 21 heavy (non-hydrogen) atoms. The molecule has 1 aromatic carbocycles. The van der Waals surface area contributed by atoms with Gasteiger partial charge >= 0.3 is 12.0 Å². The first-order valence-electron chi connectivity index (χ1n) is 7.14. The number of nitrogens with zero attached hydrogens (tertiary/aromatic N) is 1. The predicted molar refractivity (Wildman–Crippen MR) is 81.7 cm³/mol. The van der Waals surface area contributed by atoms with Crippen molar-refractivity contribution >= 4 is 17.7 Å². The van der Waals surface area contributed by atoms with E-state index in [0.717, 1.165) is 0 Å². The van der Waals surface area contributed by atoms with Crippen molar-refractivity contribution in [2.75, 3.05) is 4.90 Å². The van der Waals surface area contributed by atoms with Crippen molar-refractivity contribution in [3.05, 3.63) is 29.8 Å². The lowest BCUT2D eigenvalue weighted by atomic mass is 9.86. The maximum Gasteiger partial charge on any atom is 0.322 e. The fourth-order valence-electron chi connectivity index (χ4n) is 2.74. The molecule has 0 spiro atoms. The number of hydrogen-bond donors (Lipinski definition) is 2. The van der Waals surface area contributed by atoms with Crippen LogP contribution < -0.4 is 10.2 Å². The van der Waals surface area contributed by atoms with Crippen molar-refractivity contribution in [1.82, 2.24) is 5.32 Å². The van der Waals surface area contributed by atoms with Gasteiger partial charge in [0.1, 0.15) is 0 Å². The van der Waals surface area contributed by atoms with Gasteiger partial charge < -0.3 is 10.4 Å². The lowest BCUT2D eigenvalue weighted by Crippen LogP contribution is -2.53. The fraction of sp³-hybridized carbons (Fsp3) is 0.500. The van der Waals surface area contributed by atoms with Gasteiger partial charge in [-0.3, -0.25) is 9.69 Å². The first kappa shape index (κ1) is 15.4. The minimum Gasteiger partial charge on any atom is -0.481 e. The Bertz CT molecular complexity index is 563. The molecular formula is C16H22N2O3. The molecule has 5 heteroatoms. The molecule has 114 valence electrons. The Labute approximate surface area is 125 Å². The number of nitrogens with one attached hydrogen (secondary N) is 1. The van der Waals surface area contributed by atoms with Crippen LogP contribution in [-0.2, 0) is 4.79 Å². The second kappa shape index (κ2) is 5.39. The van der Waals surface area contributed by atoms with Crippen LogP contribution in [0.2, 0.25) is 0 Å². The molecule has 2 unspecified atom stereocenters. The highest BCUT2D eigenvalue weighted by Crippen LogP contribution is 2.38. The summed E-state index contributed by atoms with van der Waals surface area (Å²) >= 11 is 0. The van der Waals surface area contributed by atoms with Crippen LogP contribution in [-0.4, -0.2) is 28.7 Å². The summed E-state index contributed by atoms with van der Waals surface area (Å²) in [5.41, 5.74) is 1.05. The van der Waals surface area contributed by atoms with E-state index < -0.39 is 11.9 Å². The second-order valence-corrected chi connectivity index (χ2v) is 6.58. The van der Waals surface area contributed by atoms with E-state index in [4.69, 9.17) is 0 Å². The second-order valence-electron chi connectivity index (χ2n) is 6.58. The Morgan fingerprint density at radius 1 is 1.29 bits per heavy atom. The number of amides is 2. The number of carboxylic acids is 1. The number of benzene rings is 1. The van der Waals surface area contributed by atoms with Crippen LogP contribution in [0.3, 0.4) is 0 Å². The molecule has 2 atom stereocenters. The maximum absolute atomic E-state index is 12.5. The SMILES string of the molecule is CC1CC(C(=O)O)c2ccccc2N1C(=O)NC(C)(C)C. The number of urea groups is 1. The molecule has 1 aliphatic rings. The molecule has 2 amide bonds. The molecule has 5 nitrogen and oxygen atoms in total. The molecular weight excluding hydrogens is 268 g/mol. The fourth-order valence-corrected chi connectivity index (χ4v) is 2.74. The Hall–Kier alpha value is -2.04. The average Bonchev–Trinajstić information content (AvgIpc) is 2.35. The number of carbonyl (C=O) groups excluding carboxylic acids is 1. The number of carbonyl (C=O) groups is 2. The Morgan fingerprint density at radius 2 is 1.90 bits per heavy atom. The van der Waals surface area contributed by atoms with Gasteiger partial charge in [0.2, 0.25) is 0 Å². The maximum atomic E-state index is 12.5. The summed E-state index contributed by atoms with van der Waals surface area (Å²) in [4.78, 5) is 25.6. The lowest BCUT2D eigenvalue weighted by Gasteiger charge is -2.39. The Kier molecular flexibility index (Phi) is 3.94. The third-order valence-electron chi connectivity index (χ3n) is 3.59. The Morgan fingerprint density at radius 3 is 2.48 bits per heavy atom. The summed E-state index contributed by atoms with van der Waals surface area (Å²) in [6.45, 7) is 7.65. The minimum absolute atomic E-state index is 0.164. The monoisotopic (exact) mass is 290 g/mol. The van der Waals surface area contributed by atoms with Crippen molar-refractivity contribution in [3.8, 4) is 0 Å². The summed E-state index contributed by atoms with van der Waals surface area (Å²) in [6, 6.07) is 6.88. The molecule has 2 N–H and O–H groups in total. The van der Waals surface area contributed by atoms with E-state index in [2.05, 4.69) is 5.32 Å². The topological polar surface area (TPSA) is 69.6 Å². The molecule has 0 radical (unpaired) electrons. The van der Waals surface area contributed by atoms with Gasteiger partial charge in [0.15, 0.2) is 0 Å². The highest BCUT2D eigenvalue weighted by Gasteiger charge is 2.37. The lowest BCUT2D eigenvalue weighted by molar-refractivity contribution is -0.139. The smallest absolute Gasteiger partial charge is 0.322 e. The van der Waals surface area contributed by atoms with Gasteiger partial charge in [-0.1, -0.05) is 18.2 Å². The van der Waals surface area contributed by atoms with Gasteiger partial charge in [0.25, 0.3) is 0 Å². The van der Waals surface area contributed by atoms with Crippen molar-refractivity contribution in [3.63, 3.8) is 0 Å². The zero-order valence-corrected chi connectivity index (χ0v) is 12.9. The Balaban J connectivity index is 2.41. The van der Waals surface area contributed by atoms with Crippen molar-refractivity contribution in [1.29, 1.82) is 0 Å². The van der Waals surface area contributed by atoms with Crippen molar-refractivity contribution in [2.45, 2.75) is 51.6 Å². The summed E-state index contributed by atoms with van der Waals surface area (Å²) in [6.07, 6.45) is 0.421. The van der Waals surface area contributed by atoms with E-state index in [-0.39, 0.29) is 17.6 Å². The molecule has 0 saturated heterocycles. The predicted octanol–water partition coefficient (Wildman–Crippen LogP) is 2.96. The standard InChI is InChI=1S/C16H22N2O3/c1-10-9-12(14(19)20)11-7-5-6-8-13(11)18(10)15(21)17-16(2,3)4/h5-8,10,12H,9H2,1-4H3,(H,17,21)(H,19,20). The molecule has 0 aromatic heterocycles. The quantitative estimate of drug-likeness (QED) is 0.835. The summed E-state index contributed by atoms with van der Waals surface area (Å²) in [5.74, 6) is -1.40. The van der Waals surface area contributed by atoms with E-state index in [0.29, 0.717) is 17.7 Å². The van der Waals surface area contributed by atoms with Crippen LogP contribution in [0.5, 0.6) is 0 Å². The molecule has 0 bridgehead atoms. The molecule has 1 aliphatic heterocycles.